The van der Waals surface area contributed by atoms with Gasteiger partial charge in [-0.3, -0.25) is 0 Å². The Morgan fingerprint density at radius 2 is 2.40 bits per heavy atom. The van der Waals surface area contributed by atoms with E-state index in [0.29, 0.717) is 0 Å². The van der Waals surface area contributed by atoms with Crippen molar-refractivity contribution in [1.29, 1.82) is 0 Å². The lowest BCUT2D eigenvalue weighted by atomic mass is 10.2. The van der Waals surface area contributed by atoms with Crippen LogP contribution in [0.2, 0.25) is 0 Å². The van der Waals surface area contributed by atoms with Gasteiger partial charge in [0.25, 0.3) is 0 Å². The summed E-state index contributed by atoms with van der Waals surface area (Å²) in [5.41, 5.74) is 0. The van der Waals surface area contributed by atoms with Crippen LogP contribution < -0.4 is 0 Å². The van der Waals surface area contributed by atoms with Crippen molar-refractivity contribution in [3.05, 3.63) is 6.92 Å². The first-order chi connectivity index (χ1) is 4.59. The zero-order valence-electron chi connectivity index (χ0n) is 5.71. The molecule has 0 aromatic rings. The average Bonchev–Trinajstić information content (AvgIpc) is 1.87. The van der Waals surface area contributed by atoms with Gasteiger partial charge in [-0.25, -0.2) is 9.18 Å². The largest absolute Gasteiger partial charge is 0.479 e. The standard InChI is InChI=1S/C6H10FO3/c1-3-10-4(2)5(7)6(8)9/h4-5H,2-3H2,1H3,(H,8,9). The number of carboxylic acid groups (broad SMARTS) is 1. The molecule has 0 aliphatic heterocycles. The second-order valence-electron chi connectivity index (χ2n) is 1.73. The van der Waals surface area contributed by atoms with Crippen molar-refractivity contribution in [1.82, 2.24) is 0 Å². The summed E-state index contributed by atoms with van der Waals surface area (Å²) in [5.74, 6) is -1.53. The molecule has 0 fully saturated rings. The highest BCUT2D eigenvalue weighted by Gasteiger charge is 2.23. The highest BCUT2D eigenvalue weighted by atomic mass is 19.1. The Morgan fingerprint density at radius 3 is 2.70 bits per heavy atom. The molecule has 0 spiro atoms. The number of hydrogen-bond acceptors (Lipinski definition) is 2. The minimum Gasteiger partial charge on any atom is -0.479 e. The second kappa shape index (κ2) is 4.22. The molecule has 0 aromatic carbocycles. The first kappa shape index (κ1) is 9.36. The number of alkyl halides is 1. The van der Waals surface area contributed by atoms with Gasteiger partial charge in [-0.2, -0.15) is 0 Å². The van der Waals surface area contributed by atoms with Gasteiger partial charge in [0.05, 0.1) is 6.10 Å². The molecule has 2 unspecified atom stereocenters. The number of ether oxygens (including phenoxy) is 1. The highest BCUT2D eigenvalue weighted by molar-refractivity contribution is 5.72. The molecule has 0 heterocycles. The lowest BCUT2D eigenvalue weighted by Crippen LogP contribution is -2.29. The van der Waals surface area contributed by atoms with Crippen LogP contribution in [0.25, 0.3) is 0 Å². The van der Waals surface area contributed by atoms with Crippen LogP contribution in [0.5, 0.6) is 0 Å². The summed E-state index contributed by atoms with van der Waals surface area (Å²) in [6.45, 7) is 5.08. The van der Waals surface area contributed by atoms with Crippen LogP contribution in [-0.4, -0.2) is 30.0 Å². The highest BCUT2D eigenvalue weighted by Crippen LogP contribution is 2.02. The van der Waals surface area contributed by atoms with E-state index < -0.39 is 18.2 Å². The first-order valence-corrected chi connectivity index (χ1v) is 2.91. The van der Waals surface area contributed by atoms with Crippen LogP contribution in [0.1, 0.15) is 6.92 Å². The fourth-order valence-corrected chi connectivity index (χ4v) is 0.458. The third-order valence-electron chi connectivity index (χ3n) is 0.943. The Bertz CT molecular complexity index is 116. The van der Waals surface area contributed by atoms with Crippen molar-refractivity contribution in [3.8, 4) is 0 Å². The van der Waals surface area contributed by atoms with E-state index >= 15 is 0 Å². The molecular formula is C6H10FO3. The Balaban J connectivity index is 3.69. The summed E-state index contributed by atoms with van der Waals surface area (Å²) < 4.78 is 16.9. The van der Waals surface area contributed by atoms with Gasteiger partial charge in [0, 0.05) is 6.61 Å². The van der Waals surface area contributed by atoms with Crippen molar-refractivity contribution < 1.29 is 19.0 Å². The topological polar surface area (TPSA) is 46.5 Å². The summed E-state index contributed by atoms with van der Waals surface area (Å²) >= 11 is 0. The molecule has 0 amide bonds. The maximum Gasteiger partial charge on any atom is 0.341 e. The summed E-state index contributed by atoms with van der Waals surface area (Å²) in [5, 5.41) is 8.08. The smallest absolute Gasteiger partial charge is 0.341 e. The Hall–Kier alpha value is -0.640. The van der Waals surface area contributed by atoms with Gasteiger partial charge < -0.3 is 9.84 Å². The molecule has 0 aromatic heterocycles. The SMILES string of the molecule is [CH2]C(OCC)C(F)C(=O)O. The summed E-state index contributed by atoms with van der Waals surface area (Å²) in [6, 6.07) is 0. The number of halogens is 1. The van der Waals surface area contributed by atoms with Gasteiger partial charge in [0.1, 0.15) is 0 Å². The molecule has 59 valence electrons. The average molecular weight is 149 g/mol. The lowest BCUT2D eigenvalue weighted by Gasteiger charge is -2.11. The van der Waals surface area contributed by atoms with Crippen LogP contribution in [0.4, 0.5) is 4.39 Å². The van der Waals surface area contributed by atoms with E-state index in [2.05, 4.69) is 11.7 Å². The van der Waals surface area contributed by atoms with E-state index in [0.717, 1.165) is 0 Å². The molecule has 10 heavy (non-hydrogen) atoms. The van der Waals surface area contributed by atoms with E-state index in [9.17, 15) is 9.18 Å². The fraction of sp³-hybridized carbons (Fsp3) is 0.667. The summed E-state index contributed by atoms with van der Waals surface area (Å²) in [6.07, 6.45) is -3.14. The number of hydrogen-bond donors (Lipinski definition) is 1. The minimum absolute atomic E-state index is 0.266. The van der Waals surface area contributed by atoms with Crippen LogP contribution >= 0.6 is 0 Å². The van der Waals surface area contributed by atoms with E-state index in [-0.39, 0.29) is 6.61 Å². The number of aliphatic carboxylic acids is 1. The zero-order valence-corrected chi connectivity index (χ0v) is 5.71. The molecule has 0 saturated heterocycles. The molecule has 0 aliphatic rings. The Kier molecular flexibility index (Phi) is 3.95. The van der Waals surface area contributed by atoms with Gasteiger partial charge in [-0.1, -0.05) is 0 Å². The third-order valence-corrected chi connectivity index (χ3v) is 0.943. The van der Waals surface area contributed by atoms with E-state index in [1.165, 1.54) is 0 Å². The van der Waals surface area contributed by atoms with Crippen molar-refractivity contribution >= 4 is 5.97 Å². The zero-order chi connectivity index (χ0) is 8.15. The Morgan fingerprint density at radius 1 is 1.90 bits per heavy atom. The van der Waals surface area contributed by atoms with Gasteiger partial charge in [0.15, 0.2) is 0 Å². The van der Waals surface area contributed by atoms with Crippen molar-refractivity contribution in [2.24, 2.45) is 0 Å². The molecule has 1 N–H and O–H groups in total. The van der Waals surface area contributed by atoms with Crippen molar-refractivity contribution in [3.63, 3.8) is 0 Å². The maximum atomic E-state index is 12.3. The monoisotopic (exact) mass is 149 g/mol. The van der Waals surface area contributed by atoms with Crippen LogP contribution in [-0.2, 0) is 9.53 Å². The molecule has 0 aliphatic carbocycles. The minimum atomic E-state index is -2.03. The molecule has 1 radical (unpaired) electrons. The normalized spacial score (nSPS) is 16.3. The molecule has 0 bridgehead atoms. The van der Waals surface area contributed by atoms with E-state index in [1.54, 1.807) is 6.92 Å². The summed E-state index contributed by atoms with van der Waals surface area (Å²) in [7, 11) is 0. The molecule has 4 heteroatoms. The van der Waals surface area contributed by atoms with Gasteiger partial charge in [0.2, 0.25) is 6.17 Å². The summed E-state index contributed by atoms with van der Waals surface area (Å²) in [4.78, 5) is 9.92. The number of rotatable bonds is 4. The molecular weight excluding hydrogens is 139 g/mol. The van der Waals surface area contributed by atoms with Gasteiger partial charge in [-0.15, -0.1) is 0 Å². The van der Waals surface area contributed by atoms with Crippen molar-refractivity contribution in [2.75, 3.05) is 6.61 Å². The second-order valence-corrected chi connectivity index (χ2v) is 1.73. The van der Waals surface area contributed by atoms with Crippen molar-refractivity contribution in [2.45, 2.75) is 19.2 Å². The van der Waals surface area contributed by atoms with Gasteiger partial charge in [-0.05, 0) is 13.8 Å². The van der Waals surface area contributed by atoms with E-state index in [1.807, 2.05) is 0 Å². The fourth-order valence-electron chi connectivity index (χ4n) is 0.458. The number of carbonyl (C=O) groups is 1. The van der Waals surface area contributed by atoms with Gasteiger partial charge >= 0.3 is 5.97 Å². The number of carboxylic acids is 1. The predicted molar refractivity (Wildman–Crippen MR) is 33.3 cm³/mol. The third kappa shape index (κ3) is 2.77. The molecule has 3 nitrogen and oxygen atoms in total. The Labute approximate surface area is 58.8 Å². The van der Waals surface area contributed by atoms with Crippen LogP contribution in [0, 0.1) is 6.92 Å². The lowest BCUT2D eigenvalue weighted by molar-refractivity contribution is -0.147. The molecule has 0 rings (SSSR count). The predicted octanol–water partition coefficient (Wildman–Crippen LogP) is 0.648. The molecule has 0 saturated carbocycles. The molecule has 2 atom stereocenters. The van der Waals surface area contributed by atoms with E-state index in [4.69, 9.17) is 5.11 Å². The van der Waals surface area contributed by atoms with Crippen LogP contribution in [0.3, 0.4) is 0 Å². The maximum absolute atomic E-state index is 12.3. The quantitative estimate of drug-likeness (QED) is 0.638. The van der Waals surface area contributed by atoms with Crippen LogP contribution in [0.15, 0.2) is 0 Å². The first-order valence-electron chi connectivity index (χ1n) is 2.91.